The number of halogens is 1. The standard InChI is InChI=1S/C12H10ClN5O/c13-4-3-7-1-2-8-12(19)17-9-10(14)15-6-16-11(9)18(8)5-7/h1-2,5-6,14,19H,3-4H2. The minimum atomic E-state index is -0.145. The number of nitrogens with one attached hydrogen (secondary N) is 1. The van der Waals surface area contributed by atoms with E-state index in [0.717, 1.165) is 5.56 Å². The molecule has 7 heteroatoms. The molecule has 0 fully saturated rings. The van der Waals surface area contributed by atoms with Crippen molar-refractivity contribution in [1.29, 1.82) is 5.41 Å². The van der Waals surface area contributed by atoms with Crippen LogP contribution in [-0.2, 0) is 6.42 Å². The minimum Gasteiger partial charge on any atom is -0.492 e. The summed E-state index contributed by atoms with van der Waals surface area (Å²) in [6.45, 7) is 0. The van der Waals surface area contributed by atoms with Crippen LogP contribution in [0.5, 0.6) is 5.88 Å². The summed E-state index contributed by atoms with van der Waals surface area (Å²) in [7, 11) is 0. The molecule has 2 aliphatic heterocycles. The lowest BCUT2D eigenvalue weighted by atomic mass is 10.2. The zero-order chi connectivity index (χ0) is 13.4. The van der Waals surface area contributed by atoms with Crippen molar-refractivity contribution in [2.24, 2.45) is 0 Å². The van der Waals surface area contributed by atoms with Gasteiger partial charge in [0.2, 0.25) is 5.88 Å². The Bertz CT molecular complexity index is 785. The van der Waals surface area contributed by atoms with Crippen molar-refractivity contribution in [2.75, 3.05) is 5.88 Å². The summed E-state index contributed by atoms with van der Waals surface area (Å²) >= 11 is 5.74. The van der Waals surface area contributed by atoms with Gasteiger partial charge < -0.3 is 5.11 Å². The fourth-order valence-corrected chi connectivity index (χ4v) is 2.19. The van der Waals surface area contributed by atoms with Crippen LogP contribution in [0.3, 0.4) is 0 Å². The largest absolute Gasteiger partial charge is 0.492 e. The maximum absolute atomic E-state index is 9.92. The summed E-state index contributed by atoms with van der Waals surface area (Å²) in [6.07, 6.45) is 3.87. The van der Waals surface area contributed by atoms with Crippen LogP contribution in [-0.4, -0.2) is 30.3 Å². The topological polar surface area (TPSA) is 87.2 Å². The van der Waals surface area contributed by atoms with E-state index in [-0.39, 0.29) is 17.1 Å². The van der Waals surface area contributed by atoms with Crippen LogP contribution in [0.2, 0.25) is 0 Å². The molecule has 96 valence electrons. The Hall–Kier alpha value is -2.21. The molecule has 0 atom stereocenters. The summed E-state index contributed by atoms with van der Waals surface area (Å²) in [4.78, 5) is 11.9. The lowest BCUT2D eigenvalue weighted by Crippen LogP contribution is -2.16. The molecule has 0 unspecified atom stereocenters. The molecule has 2 aliphatic rings. The number of hydrogen-bond acceptors (Lipinski definition) is 5. The van der Waals surface area contributed by atoms with Gasteiger partial charge in [0.25, 0.3) is 0 Å². The molecule has 0 radical (unpaired) electrons. The maximum Gasteiger partial charge on any atom is 0.236 e. The first kappa shape index (κ1) is 11.9. The van der Waals surface area contributed by atoms with Gasteiger partial charge in [-0.3, -0.25) is 9.81 Å². The minimum absolute atomic E-state index is 0.0163. The van der Waals surface area contributed by atoms with E-state index >= 15 is 0 Å². The normalized spacial score (nSPS) is 11.2. The van der Waals surface area contributed by atoms with Gasteiger partial charge in [-0.05, 0) is 18.1 Å². The Morgan fingerprint density at radius 2 is 2.16 bits per heavy atom. The van der Waals surface area contributed by atoms with Crippen molar-refractivity contribution in [3.05, 3.63) is 35.7 Å². The highest BCUT2D eigenvalue weighted by molar-refractivity contribution is 6.17. The fourth-order valence-electron chi connectivity index (χ4n) is 1.97. The number of rotatable bonds is 2. The van der Waals surface area contributed by atoms with Crippen molar-refractivity contribution >= 4 is 17.1 Å². The fraction of sp³-hybridized carbons (Fsp3) is 0.167. The molecule has 0 aliphatic carbocycles. The molecular weight excluding hydrogens is 266 g/mol. The van der Waals surface area contributed by atoms with E-state index in [4.69, 9.17) is 17.0 Å². The number of alkyl halides is 1. The first-order valence-corrected chi connectivity index (χ1v) is 6.19. The summed E-state index contributed by atoms with van der Waals surface area (Å²) in [6, 6.07) is 3.64. The molecule has 0 bridgehead atoms. The summed E-state index contributed by atoms with van der Waals surface area (Å²) in [5, 5.41) is 17.6. The third-order valence-corrected chi connectivity index (χ3v) is 3.06. The second-order valence-electron chi connectivity index (χ2n) is 4.06. The van der Waals surface area contributed by atoms with Gasteiger partial charge in [0.15, 0.2) is 17.0 Å². The lowest BCUT2D eigenvalue weighted by molar-refractivity contribution is 0.456. The van der Waals surface area contributed by atoms with E-state index in [2.05, 4.69) is 15.0 Å². The average molecular weight is 276 g/mol. The van der Waals surface area contributed by atoms with E-state index in [1.54, 1.807) is 10.5 Å². The number of aryl methyl sites for hydroxylation is 1. The van der Waals surface area contributed by atoms with Crippen molar-refractivity contribution in [2.45, 2.75) is 6.42 Å². The zero-order valence-corrected chi connectivity index (χ0v) is 10.6. The molecule has 6 nitrogen and oxygen atoms in total. The van der Waals surface area contributed by atoms with Crippen molar-refractivity contribution in [1.82, 2.24) is 19.4 Å². The van der Waals surface area contributed by atoms with Crippen LogP contribution in [0.15, 0.2) is 24.7 Å². The highest BCUT2D eigenvalue weighted by atomic mass is 35.5. The number of hydrogen-bond donors (Lipinski definition) is 2. The number of nitrogens with zero attached hydrogens (tertiary/aromatic N) is 4. The molecule has 3 rings (SSSR count). The quantitative estimate of drug-likeness (QED) is 0.543. The first-order valence-electron chi connectivity index (χ1n) is 5.66. The summed E-state index contributed by atoms with van der Waals surface area (Å²) in [5.41, 5.74) is 1.80. The van der Waals surface area contributed by atoms with Crippen LogP contribution in [0.25, 0.3) is 17.0 Å². The van der Waals surface area contributed by atoms with Gasteiger partial charge in [0, 0.05) is 12.1 Å². The van der Waals surface area contributed by atoms with Crippen LogP contribution in [0.1, 0.15) is 5.56 Å². The molecule has 0 aromatic carbocycles. The molecule has 0 saturated heterocycles. The third kappa shape index (κ3) is 1.90. The lowest BCUT2D eigenvalue weighted by Gasteiger charge is -2.12. The number of pyridine rings is 1. The number of fused-ring (bicyclic) bond motifs is 3. The Kier molecular flexibility index (Phi) is 2.79. The van der Waals surface area contributed by atoms with Gasteiger partial charge in [0.1, 0.15) is 11.8 Å². The second-order valence-corrected chi connectivity index (χ2v) is 4.44. The summed E-state index contributed by atoms with van der Waals surface area (Å²) in [5.74, 6) is 0.858. The van der Waals surface area contributed by atoms with Gasteiger partial charge in [-0.25, -0.2) is 15.0 Å². The maximum atomic E-state index is 9.92. The van der Waals surface area contributed by atoms with Crippen molar-refractivity contribution in [3.63, 3.8) is 0 Å². The Morgan fingerprint density at radius 1 is 1.32 bits per heavy atom. The predicted octanol–water partition coefficient (Wildman–Crippen LogP) is 1.20. The van der Waals surface area contributed by atoms with Crippen LogP contribution >= 0.6 is 11.6 Å². The monoisotopic (exact) mass is 275 g/mol. The average Bonchev–Trinajstić information content (AvgIpc) is 2.41. The smallest absolute Gasteiger partial charge is 0.236 e. The molecule has 1 aromatic heterocycles. The van der Waals surface area contributed by atoms with E-state index in [9.17, 15) is 5.11 Å². The molecular formula is C12H10ClN5O. The zero-order valence-electron chi connectivity index (χ0n) is 9.84. The second kappa shape index (κ2) is 4.47. The van der Waals surface area contributed by atoms with Crippen LogP contribution < -0.4 is 5.49 Å². The van der Waals surface area contributed by atoms with E-state index in [0.29, 0.717) is 23.6 Å². The van der Waals surface area contributed by atoms with Crippen molar-refractivity contribution < 1.29 is 5.11 Å². The van der Waals surface area contributed by atoms with Crippen molar-refractivity contribution in [3.8, 4) is 17.4 Å². The molecule has 2 N–H and O–H groups in total. The molecule has 0 saturated carbocycles. The highest BCUT2D eigenvalue weighted by Gasteiger charge is 2.15. The molecule has 0 amide bonds. The van der Waals surface area contributed by atoms with E-state index in [1.165, 1.54) is 6.33 Å². The number of aromatic nitrogens is 4. The molecule has 3 heterocycles. The SMILES string of the molecule is N=c1ncnc2n3cc(CCCl)ccc3c(O)nc1-2. The van der Waals surface area contributed by atoms with E-state index in [1.807, 2.05) is 12.3 Å². The van der Waals surface area contributed by atoms with Gasteiger partial charge in [-0.15, -0.1) is 11.6 Å². The van der Waals surface area contributed by atoms with Gasteiger partial charge >= 0.3 is 0 Å². The van der Waals surface area contributed by atoms with Gasteiger partial charge in [-0.2, -0.15) is 0 Å². The number of aromatic hydroxyl groups is 1. The Morgan fingerprint density at radius 3 is 2.95 bits per heavy atom. The van der Waals surface area contributed by atoms with Gasteiger partial charge in [0.05, 0.1) is 0 Å². The molecule has 1 aromatic rings. The van der Waals surface area contributed by atoms with Gasteiger partial charge in [-0.1, -0.05) is 6.07 Å². The van der Waals surface area contributed by atoms with E-state index < -0.39 is 0 Å². The highest BCUT2D eigenvalue weighted by Crippen LogP contribution is 2.23. The van der Waals surface area contributed by atoms with Crippen LogP contribution in [0.4, 0.5) is 0 Å². The first-order chi connectivity index (χ1) is 9.20. The Balaban J connectivity index is 2.41. The molecule has 19 heavy (non-hydrogen) atoms. The Labute approximate surface area is 113 Å². The molecule has 0 spiro atoms. The summed E-state index contributed by atoms with van der Waals surface area (Å²) < 4.78 is 1.71. The predicted molar refractivity (Wildman–Crippen MR) is 69.3 cm³/mol. The third-order valence-electron chi connectivity index (χ3n) is 2.87. The van der Waals surface area contributed by atoms with Crippen LogP contribution in [0, 0.1) is 5.41 Å².